The molecule has 7 nitrogen and oxygen atoms in total. The molecule has 4 rings (SSSR count). The van der Waals surface area contributed by atoms with Crippen LogP contribution in [0.25, 0.3) is 0 Å². The third-order valence-electron chi connectivity index (χ3n) is 8.63. The van der Waals surface area contributed by atoms with E-state index in [1.165, 1.54) is 32.1 Å². The molecule has 4 aromatic rings. The van der Waals surface area contributed by atoms with Crippen molar-refractivity contribution in [2.45, 2.75) is 90.4 Å². The van der Waals surface area contributed by atoms with Crippen LogP contribution in [0.3, 0.4) is 0 Å². The minimum atomic E-state index is -1.06. The van der Waals surface area contributed by atoms with Crippen LogP contribution in [0, 0.1) is 6.92 Å². The number of hydrogen-bond acceptors (Lipinski definition) is 7. The molecule has 0 saturated heterocycles. The first-order chi connectivity index (χ1) is 23.4. The van der Waals surface area contributed by atoms with Crippen molar-refractivity contribution in [2.24, 2.45) is 0 Å². The number of rotatable bonds is 20. The van der Waals surface area contributed by atoms with Gasteiger partial charge in [0.05, 0.1) is 33.9 Å². The summed E-state index contributed by atoms with van der Waals surface area (Å²) >= 11 is 0. The molecule has 0 amide bonds. The number of carbonyl (C=O) groups is 1. The molecule has 0 aromatic heterocycles. The topological polar surface area (TPSA) is 83.5 Å². The Bertz CT molecular complexity index is 1490. The third-order valence-corrected chi connectivity index (χ3v) is 8.63. The van der Waals surface area contributed by atoms with E-state index in [4.69, 9.17) is 24.0 Å². The van der Waals surface area contributed by atoms with Gasteiger partial charge in [-0.15, -0.1) is 0 Å². The van der Waals surface area contributed by atoms with E-state index in [2.05, 4.69) is 6.92 Å². The zero-order chi connectivity index (χ0) is 34.2. The molecule has 0 aliphatic heterocycles. The van der Waals surface area contributed by atoms with Crippen LogP contribution in [0.1, 0.15) is 98.1 Å². The van der Waals surface area contributed by atoms with Gasteiger partial charge in [0.25, 0.3) is 0 Å². The van der Waals surface area contributed by atoms with Crippen molar-refractivity contribution in [1.82, 2.24) is 0 Å². The summed E-state index contributed by atoms with van der Waals surface area (Å²) in [6.45, 7) is 3.94. The SMILES string of the molecule is CCCCCCCCCCC(=O)OOc1c(CO)cc(C)cc1COC(c1ccccc1)(c1ccc(OC)cc1)c1ccc(OC)cc1.[Li]. The molecule has 0 fully saturated rings. The minimum absolute atomic E-state index is 0. The van der Waals surface area contributed by atoms with Crippen LogP contribution in [0.15, 0.2) is 91.0 Å². The molecule has 0 spiro atoms. The Morgan fingerprint density at radius 1 is 0.694 bits per heavy atom. The van der Waals surface area contributed by atoms with Gasteiger partial charge >= 0.3 is 5.97 Å². The van der Waals surface area contributed by atoms with Crippen molar-refractivity contribution < 1.29 is 33.9 Å². The molecule has 1 N–H and O–H groups in total. The fourth-order valence-electron chi connectivity index (χ4n) is 6.05. The van der Waals surface area contributed by atoms with Crippen molar-refractivity contribution in [2.75, 3.05) is 14.2 Å². The molecule has 0 atom stereocenters. The van der Waals surface area contributed by atoms with Crippen LogP contribution in [0.5, 0.6) is 17.2 Å². The molecule has 0 bridgehead atoms. The molecule has 257 valence electrons. The Morgan fingerprint density at radius 3 is 1.73 bits per heavy atom. The van der Waals surface area contributed by atoms with Gasteiger partial charge in [-0.2, -0.15) is 0 Å². The van der Waals surface area contributed by atoms with Gasteiger partial charge in [-0.25, -0.2) is 4.79 Å². The first-order valence-corrected chi connectivity index (χ1v) is 17.0. The van der Waals surface area contributed by atoms with Crippen LogP contribution in [0.4, 0.5) is 0 Å². The predicted molar refractivity (Wildman–Crippen MR) is 194 cm³/mol. The van der Waals surface area contributed by atoms with Crippen LogP contribution < -0.4 is 14.4 Å². The van der Waals surface area contributed by atoms with Gasteiger partial charge in [-0.1, -0.05) is 112 Å². The van der Waals surface area contributed by atoms with Crippen LogP contribution in [0.2, 0.25) is 0 Å². The van der Waals surface area contributed by atoms with E-state index in [0.717, 1.165) is 53.0 Å². The molecule has 0 saturated carbocycles. The van der Waals surface area contributed by atoms with E-state index in [-0.39, 0.29) is 44.2 Å². The smallest absolute Gasteiger partial charge is 0.355 e. The van der Waals surface area contributed by atoms with Crippen molar-refractivity contribution in [3.05, 3.63) is 124 Å². The second-order valence-electron chi connectivity index (χ2n) is 12.1. The second-order valence-corrected chi connectivity index (χ2v) is 12.1. The number of ether oxygens (including phenoxy) is 3. The van der Waals surface area contributed by atoms with Gasteiger partial charge in [0.2, 0.25) is 0 Å². The van der Waals surface area contributed by atoms with E-state index >= 15 is 0 Å². The van der Waals surface area contributed by atoms with Gasteiger partial charge in [0, 0.05) is 30.0 Å². The molecular formula is C41H50LiO7. The Balaban J connectivity index is 0.00000650. The minimum Gasteiger partial charge on any atom is -0.497 e. The monoisotopic (exact) mass is 661 g/mol. The van der Waals surface area contributed by atoms with Gasteiger partial charge in [0.15, 0.2) is 5.75 Å². The first-order valence-electron chi connectivity index (χ1n) is 17.0. The molecule has 0 unspecified atom stereocenters. The van der Waals surface area contributed by atoms with Crippen LogP contribution in [-0.2, 0) is 33.2 Å². The summed E-state index contributed by atoms with van der Waals surface area (Å²) in [6, 6.07) is 29.4. The Labute approximate surface area is 304 Å². The summed E-state index contributed by atoms with van der Waals surface area (Å²) < 4.78 is 18.0. The summed E-state index contributed by atoms with van der Waals surface area (Å²) in [5, 5.41) is 10.3. The first kappa shape index (κ1) is 39.7. The maximum Gasteiger partial charge on any atom is 0.355 e. The van der Waals surface area contributed by atoms with E-state index in [0.29, 0.717) is 11.1 Å². The number of unbranched alkanes of at least 4 members (excludes halogenated alkanes) is 7. The molecule has 49 heavy (non-hydrogen) atoms. The second kappa shape index (κ2) is 20.7. The molecule has 0 heterocycles. The third kappa shape index (κ3) is 10.9. The van der Waals surface area contributed by atoms with Crippen LogP contribution in [-0.4, -0.2) is 44.2 Å². The molecular weight excluding hydrogens is 611 g/mol. The Morgan fingerprint density at radius 2 is 1.20 bits per heavy atom. The number of benzene rings is 4. The van der Waals surface area contributed by atoms with Crippen LogP contribution >= 0.6 is 0 Å². The number of aliphatic hydroxyl groups excluding tert-OH is 1. The zero-order valence-corrected chi connectivity index (χ0v) is 29.8. The van der Waals surface area contributed by atoms with Crippen molar-refractivity contribution in [1.29, 1.82) is 0 Å². The quantitative estimate of drug-likeness (QED) is 0.0333. The summed E-state index contributed by atoms with van der Waals surface area (Å²) in [6.07, 6.45) is 9.32. The number of aliphatic hydroxyl groups is 1. The average Bonchev–Trinajstić information content (AvgIpc) is 3.13. The fourth-order valence-corrected chi connectivity index (χ4v) is 6.05. The van der Waals surface area contributed by atoms with E-state index in [1.807, 2.05) is 97.9 Å². The summed E-state index contributed by atoms with van der Waals surface area (Å²) in [5.41, 5.74) is 3.67. The van der Waals surface area contributed by atoms with E-state index in [1.54, 1.807) is 14.2 Å². The largest absolute Gasteiger partial charge is 0.497 e. The summed E-state index contributed by atoms with van der Waals surface area (Å²) in [5.74, 6) is 1.29. The number of hydrogen-bond donors (Lipinski definition) is 1. The maximum atomic E-state index is 12.7. The van der Waals surface area contributed by atoms with Gasteiger partial charge in [-0.3, -0.25) is 9.78 Å². The molecule has 0 aliphatic rings. The standard InChI is InChI=1S/C41H50O7.Li/c1-5-6-7-8-9-10-11-15-18-39(43)47-48-40-32(29-42)27-31(2)28-33(40)30-46-41(34-16-13-12-14-17-34,35-19-23-37(44-3)24-20-35)36-21-25-38(45-4)26-22-36;/h12-14,16-17,19-28,42H,5-11,15,18,29-30H2,1-4H3;. The zero-order valence-electron chi connectivity index (χ0n) is 29.8. The predicted octanol–water partition coefficient (Wildman–Crippen LogP) is 9.00. The maximum absolute atomic E-state index is 12.7. The van der Waals surface area contributed by atoms with Gasteiger partial charge in [-0.05, 0) is 66.4 Å². The van der Waals surface area contributed by atoms with Crippen molar-refractivity contribution >= 4 is 24.8 Å². The molecule has 1 radical (unpaired) electrons. The van der Waals surface area contributed by atoms with Gasteiger partial charge < -0.3 is 19.3 Å². The Kier molecular flexibility index (Phi) is 16.8. The molecule has 8 heteroatoms. The van der Waals surface area contributed by atoms with Crippen molar-refractivity contribution in [3.8, 4) is 17.2 Å². The number of aryl methyl sites for hydroxylation is 1. The number of carbonyl (C=O) groups excluding carboxylic acids is 1. The molecule has 0 aliphatic carbocycles. The Hall–Kier alpha value is -3.73. The van der Waals surface area contributed by atoms with E-state index in [9.17, 15) is 9.90 Å². The van der Waals surface area contributed by atoms with Crippen molar-refractivity contribution in [3.63, 3.8) is 0 Å². The summed E-state index contributed by atoms with van der Waals surface area (Å²) in [4.78, 5) is 23.7. The number of methoxy groups -OCH3 is 2. The summed E-state index contributed by atoms with van der Waals surface area (Å²) in [7, 11) is 3.28. The normalized spacial score (nSPS) is 11.0. The van der Waals surface area contributed by atoms with E-state index < -0.39 is 11.6 Å². The fraction of sp³-hybridized carbons (Fsp3) is 0.390. The molecule has 4 aromatic carbocycles. The van der Waals surface area contributed by atoms with Gasteiger partial charge in [0.1, 0.15) is 17.1 Å². The average molecular weight is 662 g/mol.